The number of hydrogen-bond acceptors (Lipinski definition) is 5. The summed E-state index contributed by atoms with van der Waals surface area (Å²) in [5.41, 5.74) is 0.523. The second-order valence-electron chi connectivity index (χ2n) is 5.47. The van der Waals surface area contributed by atoms with Gasteiger partial charge in [0.2, 0.25) is 0 Å². The first kappa shape index (κ1) is 13.6. The summed E-state index contributed by atoms with van der Waals surface area (Å²) in [5, 5.41) is 17.9. The fraction of sp³-hybridized carbons (Fsp3) is 0.615. The topological polar surface area (TPSA) is 75.3 Å². The van der Waals surface area contributed by atoms with Crippen molar-refractivity contribution in [3.63, 3.8) is 0 Å². The fourth-order valence-electron chi connectivity index (χ4n) is 2.85. The van der Waals surface area contributed by atoms with Gasteiger partial charge in [0.15, 0.2) is 0 Å². The SMILES string of the molecule is Cc1c(Cl)nc2ncnn2c1NC1(CO)CCCCC1. The lowest BCUT2D eigenvalue weighted by Gasteiger charge is -2.37. The van der Waals surface area contributed by atoms with Crippen LogP contribution < -0.4 is 5.32 Å². The van der Waals surface area contributed by atoms with E-state index in [-0.39, 0.29) is 12.1 Å². The first-order valence-electron chi connectivity index (χ1n) is 6.90. The predicted molar refractivity (Wildman–Crippen MR) is 77.1 cm³/mol. The minimum atomic E-state index is -0.299. The van der Waals surface area contributed by atoms with Crippen molar-refractivity contribution >= 4 is 23.2 Å². The zero-order chi connectivity index (χ0) is 14.2. The largest absolute Gasteiger partial charge is 0.394 e. The minimum Gasteiger partial charge on any atom is -0.394 e. The Morgan fingerprint density at radius 2 is 2.15 bits per heavy atom. The summed E-state index contributed by atoms with van der Waals surface area (Å²) in [4.78, 5) is 8.27. The Labute approximate surface area is 122 Å². The summed E-state index contributed by atoms with van der Waals surface area (Å²) in [6, 6.07) is 0. The Kier molecular flexibility index (Phi) is 3.52. The fourth-order valence-corrected chi connectivity index (χ4v) is 3.01. The summed E-state index contributed by atoms with van der Waals surface area (Å²) < 4.78 is 1.65. The second kappa shape index (κ2) is 5.18. The molecule has 1 fully saturated rings. The van der Waals surface area contributed by atoms with Gasteiger partial charge in [-0.25, -0.2) is 0 Å². The second-order valence-corrected chi connectivity index (χ2v) is 5.83. The van der Waals surface area contributed by atoms with Gasteiger partial charge in [-0.2, -0.15) is 19.6 Å². The van der Waals surface area contributed by atoms with Crippen LogP contribution in [0.25, 0.3) is 5.78 Å². The van der Waals surface area contributed by atoms with Gasteiger partial charge in [0, 0.05) is 5.56 Å². The van der Waals surface area contributed by atoms with E-state index in [1.165, 1.54) is 12.7 Å². The first-order chi connectivity index (χ1) is 9.65. The van der Waals surface area contributed by atoms with Gasteiger partial charge in [0.25, 0.3) is 5.78 Å². The normalized spacial score (nSPS) is 18.4. The van der Waals surface area contributed by atoms with Crippen LogP contribution in [0.1, 0.15) is 37.7 Å². The van der Waals surface area contributed by atoms with Crippen LogP contribution in [0.5, 0.6) is 0 Å². The number of halogens is 1. The highest BCUT2D eigenvalue weighted by molar-refractivity contribution is 6.30. The molecular formula is C13H18ClN5O. The molecule has 0 aromatic carbocycles. The summed E-state index contributed by atoms with van der Waals surface area (Å²) >= 11 is 6.16. The highest BCUT2D eigenvalue weighted by Crippen LogP contribution is 2.33. The van der Waals surface area contributed by atoms with Crippen molar-refractivity contribution in [3.8, 4) is 0 Å². The summed E-state index contributed by atoms with van der Waals surface area (Å²) in [5.74, 6) is 1.24. The third kappa shape index (κ3) is 2.23. The number of nitrogens with zero attached hydrogens (tertiary/aromatic N) is 4. The van der Waals surface area contributed by atoms with Crippen molar-refractivity contribution in [2.45, 2.75) is 44.6 Å². The number of anilines is 1. The number of aliphatic hydroxyl groups is 1. The first-order valence-corrected chi connectivity index (χ1v) is 7.28. The van der Waals surface area contributed by atoms with Gasteiger partial charge in [0.05, 0.1) is 12.1 Å². The Hall–Kier alpha value is -1.40. The van der Waals surface area contributed by atoms with Gasteiger partial charge < -0.3 is 10.4 Å². The molecule has 0 unspecified atom stereocenters. The molecule has 0 amide bonds. The molecular weight excluding hydrogens is 278 g/mol. The average molecular weight is 296 g/mol. The monoisotopic (exact) mass is 295 g/mol. The molecule has 7 heteroatoms. The Morgan fingerprint density at radius 3 is 2.85 bits per heavy atom. The number of aromatic nitrogens is 4. The van der Waals surface area contributed by atoms with Gasteiger partial charge in [-0.3, -0.25) is 0 Å². The van der Waals surface area contributed by atoms with Gasteiger partial charge in [-0.1, -0.05) is 30.9 Å². The Morgan fingerprint density at radius 1 is 1.40 bits per heavy atom. The van der Waals surface area contributed by atoms with E-state index < -0.39 is 0 Å². The lowest BCUT2D eigenvalue weighted by Crippen LogP contribution is -2.44. The van der Waals surface area contributed by atoms with Crippen LogP contribution in [0.3, 0.4) is 0 Å². The van der Waals surface area contributed by atoms with E-state index >= 15 is 0 Å². The van der Waals surface area contributed by atoms with E-state index in [2.05, 4.69) is 20.4 Å². The molecule has 108 valence electrons. The van der Waals surface area contributed by atoms with E-state index in [0.29, 0.717) is 10.9 Å². The molecule has 20 heavy (non-hydrogen) atoms. The number of rotatable bonds is 3. The summed E-state index contributed by atoms with van der Waals surface area (Å²) in [6.45, 7) is 2.00. The van der Waals surface area contributed by atoms with Crippen LogP contribution in [0.4, 0.5) is 5.82 Å². The molecule has 1 aliphatic rings. The van der Waals surface area contributed by atoms with Crippen LogP contribution in [-0.2, 0) is 0 Å². The van der Waals surface area contributed by atoms with Crippen LogP contribution in [0.2, 0.25) is 5.15 Å². The number of hydrogen-bond donors (Lipinski definition) is 2. The van der Waals surface area contributed by atoms with Crippen LogP contribution in [0.15, 0.2) is 6.33 Å². The molecule has 0 radical (unpaired) electrons. The maximum atomic E-state index is 9.83. The number of aliphatic hydroxyl groups excluding tert-OH is 1. The molecule has 2 aromatic heterocycles. The van der Waals surface area contributed by atoms with Crippen molar-refractivity contribution in [2.75, 3.05) is 11.9 Å². The maximum Gasteiger partial charge on any atom is 0.255 e. The molecule has 0 bridgehead atoms. The third-order valence-corrected chi connectivity index (χ3v) is 4.47. The molecule has 2 aromatic rings. The van der Waals surface area contributed by atoms with Crippen molar-refractivity contribution < 1.29 is 5.11 Å². The quantitative estimate of drug-likeness (QED) is 0.849. The van der Waals surface area contributed by atoms with Crippen molar-refractivity contribution in [3.05, 3.63) is 17.0 Å². The summed E-state index contributed by atoms with van der Waals surface area (Å²) in [7, 11) is 0. The molecule has 1 saturated carbocycles. The van der Waals surface area contributed by atoms with E-state index in [1.807, 2.05) is 6.92 Å². The molecule has 2 N–H and O–H groups in total. The van der Waals surface area contributed by atoms with E-state index in [9.17, 15) is 5.11 Å². The third-order valence-electron chi connectivity index (χ3n) is 4.10. The molecule has 3 rings (SSSR count). The van der Waals surface area contributed by atoms with Gasteiger partial charge in [0.1, 0.15) is 17.3 Å². The zero-order valence-electron chi connectivity index (χ0n) is 11.4. The zero-order valence-corrected chi connectivity index (χ0v) is 12.2. The number of fused-ring (bicyclic) bond motifs is 1. The van der Waals surface area contributed by atoms with Crippen molar-refractivity contribution in [1.82, 2.24) is 19.6 Å². The Bertz CT molecular complexity index is 620. The molecule has 0 atom stereocenters. The van der Waals surface area contributed by atoms with Crippen LogP contribution in [0, 0.1) is 6.92 Å². The van der Waals surface area contributed by atoms with Crippen LogP contribution >= 0.6 is 11.6 Å². The highest BCUT2D eigenvalue weighted by atomic mass is 35.5. The van der Waals surface area contributed by atoms with E-state index in [0.717, 1.165) is 37.1 Å². The van der Waals surface area contributed by atoms with Crippen LogP contribution in [-0.4, -0.2) is 36.8 Å². The standard InChI is InChI=1S/C13H18ClN5O/c1-9-10(14)17-12-15-8-16-19(12)11(9)18-13(7-20)5-3-2-4-6-13/h8,18,20H,2-7H2,1H3. The minimum absolute atomic E-state index is 0.0998. The molecule has 0 saturated heterocycles. The Balaban J connectivity index is 2.04. The number of nitrogens with one attached hydrogen (secondary N) is 1. The molecule has 1 aliphatic carbocycles. The molecule has 2 heterocycles. The lowest BCUT2D eigenvalue weighted by molar-refractivity contribution is 0.172. The van der Waals surface area contributed by atoms with Gasteiger partial charge in [-0.05, 0) is 19.8 Å². The molecule has 0 aliphatic heterocycles. The predicted octanol–water partition coefficient (Wildman–Crippen LogP) is 2.19. The van der Waals surface area contributed by atoms with Gasteiger partial charge >= 0.3 is 0 Å². The smallest absolute Gasteiger partial charge is 0.255 e. The van der Waals surface area contributed by atoms with Gasteiger partial charge in [-0.15, -0.1) is 0 Å². The summed E-state index contributed by atoms with van der Waals surface area (Å²) in [6.07, 6.45) is 6.80. The van der Waals surface area contributed by atoms with E-state index in [1.54, 1.807) is 4.52 Å². The van der Waals surface area contributed by atoms with E-state index in [4.69, 9.17) is 11.6 Å². The maximum absolute atomic E-state index is 9.83. The van der Waals surface area contributed by atoms with Crippen molar-refractivity contribution in [2.24, 2.45) is 0 Å². The van der Waals surface area contributed by atoms with Crippen molar-refractivity contribution in [1.29, 1.82) is 0 Å². The average Bonchev–Trinajstić information content (AvgIpc) is 2.93. The lowest BCUT2D eigenvalue weighted by atomic mass is 9.82. The highest BCUT2D eigenvalue weighted by Gasteiger charge is 2.32. The molecule has 6 nitrogen and oxygen atoms in total. The molecule has 0 spiro atoms.